The molecule has 0 N–H and O–H groups in total. The number of carbonyl (C=O) groups excluding carboxylic acids is 2. The molecule has 6 heteroatoms. The van der Waals surface area contributed by atoms with Crippen molar-refractivity contribution in [3.8, 4) is 0 Å². The zero-order valence-electron chi connectivity index (χ0n) is 11.9. The molecule has 20 heavy (non-hydrogen) atoms. The van der Waals surface area contributed by atoms with Gasteiger partial charge in [0.25, 0.3) is 5.91 Å². The van der Waals surface area contributed by atoms with Crippen molar-refractivity contribution >= 4 is 43.7 Å². The SMILES string of the molecule is C=C(OC(Br)CBr)C(=O)N1C(=O)[C@]2(C)CC[C@H]1C2(C)C. The van der Waals surface area contributed by atoms with Crippen LogP contribution in [-0.2, 0) is 14.3 Å². The summed E-state index contributed by atoms with van der Waals surface area (Å²) < 4.78 is 5.36. The van der Waals surface area contributed by atoms with E-state index in [2.05, 4.69) is 52.3 Å². The summed E-state index contributed by atoms with van der Waals surface area (Å²) in [6.45, 7) is 9.74. The quantitative estimate of drug-likeness (QED) is 0.407. The topological polar surface area (TPSA) is 46.6 Å². The second kappa shape index (κ2) is 5.13. The van der Waals surface area contributed by atoms with Gasteiger partial charge in [0, 0.05) is 6.04 Å². The molecule has 2 fully saturated rings. The lowest BCUT2D eigenvalue weighted by Crippen LogP contribution is -2.45. The van der Waals surface area contributed by atoms with Gasteiger partial charge in [-0.2, -0.15) is 0 Å². The Bertz CT molecular complexity index is 477. The van der Waals surface area contributed by atoms with Gasteiger partial charge < -0.3 is 4.74 Å². The van der Waals surface area contributed by atoms with Crippen molar-refractivity contribution in [3.05, 3.63) is 12.3 Å². The predicted molar refractivity (Wildman–Crippen MR) is 83.5 cm³/mol. The molecule has 0 radical (unpaired) electrons. The van der Waals surface area contributed by atoms with Crippen LogP contribution in [0.5, 0.6) is 0 Å². The number of hydrogen-bond donors (Lipinski definition) is 0. The molecule has 0 aromatic rings. The number of hydrogen-bond acceptors (Lipinski definition) is 3. The Hall–Kier alpha value is -0.360. The number of likely N-dealkylation sites (tertiary alicyclic amines) is 1. The van der Waals surface area contributed by atoms with Crippen LogP contribution in [0.3, 0.4) is 0 Å². The molecule has 0 spiro atoms. The van der Waals surface area contributed by atoms with E-state index in [1.165, 1.54) is 4.90 Å². The Morgan fingerprint density at radius 3 is 2.60 bits per heavy atom. The van der Waals surface area contributed by atoms with Crippen LogP contribution in [0.25, 0.3) is 0 Å². The highest BCUT2D eigenvalue weighted by atomic mass is 79.9. The monoisotopic (exact) mass is 407 g/mol. The number of imide groups is 1. The zero-order chi connectivity index (χ0) is 15.3. The minimum absolute atomic E-state index is 0.00613. The van der Waals surface area contributed by atoms with Crippen LogP contribution in [0.4, 0.5) is 0 Å². The van der Waals surface area contributed by atoms with Gasteiger partial charge in [-0.05, 0) is 34.2 Å². The summed E-state index contributed by atoms with van der Waals surface area (Å²) in [4.78, 5) is 26.4. The van der Waals surface area contributed by atoms with Crippen molar-refractivity contribution < 1.29 is 14.3 Å². The lowest BCUT2D eigenvalue weighted by molar-refractivity contribution is -0.149. The van der Waals surface area contributed by atoms with Crippen LogP contribution in [0.15, 0.2) is 12.3 Å². The molecular formula is C14H19Br2NO3. The van der Waals surface area contributed by atoms with Gasteiger partial charge in [-0.25, -0.2) is 0 Å². The smallest absolute Gasteiger partial charge is 0.295 e. The average molecular weight is 409 g/mol. The Balaban J connectivity index is 2.21. The van der Waals surface area contributed by atoms with Gasteiger partial charge in [-0.3, -0.25) is 14.5 Å². The third-order valence-corrected chi connectivity index (χ3v) is 6.99. The number of amides is 2. The first-order valence-corrected chi connectivity index (χ1v) is 8.64. The van der Waals surface area contributed by atoms with E-state index < -0.39 is 11.3 Å². The van der Waals surface area contributed by atoms with E-state index in [-0.39, 0.29) is 28.1 Å². The summed E-state index contributed by atoms with van der Waals surface area (Å²) in [6, 6.07) is -0.0643. The Kier molecular flexibility index (Phi) is 4.11. The molecule has 112 valence electrons. The zero-order valence-corrected chi connectivity index (χ0v) is 15.1. The van der Waals surface area contributed by atoms with E-state index in [1.807, 2.05) is 6.92 Å². The number of piperidine rings is 1. The van der Waals surface area contributed by atoms with Crippen molar-refractivity contribution in [2.45, 2.75) is 44.7 Å². The van der Waals surface area contributed by atoms with Gasteiger partial charge in [0.2, 0.25) is 5.91 Å². The molecule has 1 saturated heterocycles. The highest BCUT2D eigenvalue weighted by Gasteiger charge is 2.67. The van der Waals surface area contributed by atoms with Crippen LogP contribution in [0.1, 0.15) is 33.6 Å². The van der Waals surface area contributed by atoms with E-state index >= 15 is 0 Å². The molecule has 1 aliphatic carbocycles. The molecule has 1 heterocycles. The summed E-state index contributed by atoms with van der Waals surface area (Å²) in [7, 11) is 0. The van der Waals surface area contributed by atoms with Crippen LogP contribution in [0, 0.1) is 10.8 Å². The first-order chi connectivity index (χ1) is 9.16. The van der Waals surface area contributed by atoms with Gasteiger partial charge >= 0.3 is 0 Å². The summed E-state index contributed by atoms with van der Waals surface area (Å²) in [6.07, 6.45) is 1.69. The maximum Gasteiger partial charge on any atom is 0.295 e. The second-order valence-electron chi connectivity index (χ2n) is 6.19. The molecule has 4 nitrogen and oxygen atoms in total. The number of carbonyl (C=O) groups is 2. The highest BCUT2D eigenvalue weighted by molar-refractivity contribution is 9.12. The van der Waals surface area contributed by atoms with Crippen LogP contribution in [-0.4, -0.2) is 33.1 Å². The molecule has 1 unspecified atom stereocenters. The highest BCUT2D eigenvalue weighted by Crippen LogP contribution is 2.60. The first kappa shape index (κ1) is 16.0. The number of fused-ring (bicyclic) bond motifs is 2. The molecular weight excluding hydrogens is 390 g/mol. The predicted octanol–water partition coefficient (Wildman–Crippen LogP) is 3.20. The van der Waals surface area contributed by atoms with Gasteiger partial charge in [0.1, 0.15) is 0 Å². The number of alkyl halides is 2. The van der Waals surface area contributed by atoms with Gasteiger partial charge in [-0.15, -0.1) is 0 Å². The van der Waals surface area contributed by atoms with E-state index in [0.717, 1.165) is 12.8 Å². The number of nitrogens with zero attached hydrogens (tertiary/aromatic N) is 1. The van der Waals surface area contributed by atoms with Crippen molar-refractivity contribution in [1.82, 2.24) is 4.90 Å². The minimum atomic E-state index is -0.461. The van der Waals surface area contributed by atoms with Crippen LogP contribution >= 0.6 is 31.9 Å². The first-order valence-electron chi connectivity index (χ1n) is 6.60. The lowest BCUT2D eigenvalue weighted by atomic mass is 9.70. The van der Waals surface area contributed by atoms with Crippen LogP contribution in [0.2, 0.25) is 0 Å². The fourth-order valence-electron chi connectivity index (χ4n) is 3.32. The fraction of sp³-hybridized carbons (Fsp3) is 0.714. The Morgan fingerprint density at radius 1 is 1.55 bits per heavy atom. The number of rotatable bonds is 4. The van der Waals surface area contributed by atoms with Gasteiger partial charge in [-0.1, -0.05) is 43.3 Å². The van der Waals surface area contributed by atoms with E-state index in [9.17, 15) is 9.59 Å². The third-order valence-electron chi connectivity index (χ3n) is 5.02. The van der Waals surface area contributed by atoms with Crippen molar-refractivity contribution in [1.29, 1.82) is 0 Å². The summed E-state index contributed by atoms with van der Waals surface area (Å²) in [5.41, 5.74) is -0.667. The molecule has 1 saturated carbocycles. The molecule has 2 aliphatic rings. The minimum Gasteiger partial charge on any atom is -0.473 e. The fourth-order valence-corrected chi connectivity index (χ4v) is 3.68. The molecule has 1 aliphatic heterocycles. The average Bonchev–Trinajstić information content (AvgIpc) is 2.69. The number of halogens is 2. The molecule has 2 rings (SSSR count). The molecule has 0 aromatic carbocycles. The third kappa shape index (κ3) is 2.06. The Morgan fingerprint density at radius 2 is 2.15 bits per heavy atom. The lowest BCUT2D eigenvalue weighted by Gasteiger charge is -2.29. The van der Waals surface area contributed by atoms with E-state index in [0.29, 0.717) is 5.33 Å². The summed E-state index contributed by atoms with van der Waals surface area (Å²) in [5.74, 6) is -0.507. The van der Waals surface area contributed by atoms with Crippen molar-refractivity contribution in [2.75, 3.05) is 5.33 Å². The molecule has 0 aromatic heterocycles. The van der Waals surface area contributed by atoms with Crippen molar-refractivity contribution in [3.63, 3.8) is 0 Å². The van der Waals surface area contributed by atoms with Gasteiger partial charge in [0.05, 0.1) is 10.7 Å². The standard InChI is InChI=1S/C14H19Br2NO3/c1-8(20-10(16)7-15)11(18)17-9-5-6-14(4,12(17)19)13(9,2)3/h9-10H,1,5-7H2,2-4H3/t9-,10?,14-/m0/s1. The summed E-state index contributed by atoms with van der Waals surface area (Å²) in [5, 5.41) is 0.192. The summed E-state index contributed by atoms with van der Waals surface area (Å²) >= 11 is 6.50. The van der Waals surface area contributed by atoms with E-state index in [1.54, 1.807) is 0 Å². The van der Waals surface area contributed by atoms with Gasteiger partial charge in [0.15, 0.2) is 10.8 Å². The largest absolute Gasteiger partial charge is 0.473 e. The van der Waals surface area contributed by atoms with Crippen LogP contribution < -0.4 is 0 Å². The van der Waals surface area contributed by atoms with Crippen molar-refractivity contribution in [2.24, 2.45) is 10.8 Å². The maximum atomic E-state index is 12.6. The Labute approximate surface area is 136 Å². The molecule has 2 bridgehead atoms. The molecule has 2 amide bonds. The second-order valence-corrected chi connectivity index (χ2v) is 7.86. The van der Waals surface area contributed by atoms with E-state index in [4.69, 9.17) is 4.74 Å². The molecule has 3 atom stereocenters. The maximum absolute atomic E-state index is 12.6. The number of ether oxygens (including phenoxy) is 1. The normalized spacial score (nSPS) is 32.4.